The van der Waals surface area contributed by atoms with Crippen molar-refractivity contribution in [3.8, 4) is 5.69 Å². The first-order chi connectivity index (χ1) is 20.2. The highest BCUT2D eigenvalue weighted by molar-refractivity contribution is 7.89. The Morgan fingerprint density at radius 3 is 2.58 bits per heavy atom. The molecule has 13 heteroatoms. The molecule has 0 amide bonds. The van der Waals surface area contributed by atoms with Crippen molar-refractivity contribution < 1.29 is 31.5 Å². The number of halogens is 3. The lowest BCUT2D eigenvalue weighted by molar-refractivity contribution is -0.137. The molecule has 2 aromatic carbocycles. The number of alkyl halides is 3. The molecule has 43 heavy (non-hydrogen) atoms. The number of aromatic nitrogens is 4. The molecule has 6 rings (SSSR count). The molecule has 226 valence electrons. The Kier molecular flexibility index (Phi) is 6.81. The average Bonchev–Trinajstić information content (AvgIpc) is 3.41. The van der Waals surface area contributed by atoms with Crippen LogP contribution in [0.2, 0.25) is 0 Å². The van der Waals surface area contributed by atoms with Crippen LogP contribution in [0, 0.1) is 18.3 Å². The Hall–Kier alpha value is -3.97. The topological polar surface area (TPSA) is 110 Å². The van der Waals surface area contributed by atoms with E-state index in [1.807, 2.05) is 20.0 Å². The zero-order valence-electron chi connectivity index (χ0n) is 23.7. The predicted molar refractivity (Wildman–Crippen MR) is 150 cm³/mol. The van der Waals surface area contributed by atoms with Gasteiger partial charge in [-0.2, -0.15) is 17.5 Å². The van der Waals surface area contributed by atoms with Gasteiger partial charge >= 0.3 is 12.1 Å². The molecule has 0 radical (unpaired) electrons. The van der Waals surface area contributed by atoms with Gasteiger partial charge in [0.05, 0.1) is 21.7 Å². The SMILES string of the molecule is Cc1c(CN2C[C@](C)(C3C[C@@H]3c3cn(C)nn3)Cc3ccc(C(F)(F)F)cc3S2(=O)=O)cccc1-n1ccc(C(=O)O)c1. The third-order valence-corrected chi connectivity index (χ3v) is 10.7. The van der Waals surface area contributed by atoms with Crippen LogP contribution in [0.4, 0.5) is 13.2 Å². The molecule has 3 atom stereocenters. The van der Waals surface area contributed by atoms with E-state index >= 15 is 0 Å². The van der Waals surface area contributed by atoms with Crippen molar-refractivity contribution in [1.82, 2.24) is 23.9 Å². The largest absolute Gasteiger partial charge is 0.478 e. The monoisotopic (exact) mass is 613 g/mol. The highest BCUT2D eigenvalue weighted by Gasteiger charge is 2.55. The standard InChI is InChI=1S/C30H30F3N5O4S/c1-18-20(5-4-6-26(18)37-10-9-21(14-37)28(39)40)15-38-17-29(2,24-12-23(24)25-16-36(3)35-34-25)13-19-7-8-22(30(31,32)33)11-27(19)43(38,41)42/h4-11,14,16,23-24H,12-13,15,17H2,1-3H3,(H,39,40)/t23-,24?,29+/m0/s1. The summed E-state index contributed by atoms with van der Waals surface area (Å²) in [6.45, 7) is 3.85. The lowest BCUT2D eigenvalue weighted by Crippen LogP contribution is -2.39. The maximum absolute atomic E-state index is 14.2. The Morgan fingerprint density at radius 2 is 1.93 bits per heavy atom. The molecule has 1 saturated carbocycles. The van der Waals surface area contributed by atoms with Gasteiger partial charge in [0.15, 0.2) is 0 Å². The zero-order valence-corrected chi connectivity index (χ0v) is 24.5. The fourth-order valence-electron chi connectivity index (χ4n) is 6.44. The molecule has 1 N–H and O–H groups in total. The van der Waals surface area contributed by atoms with E-state index in [0.717, 1.165) is 29.8 Å². The van der Waals surface area contributed by atoms with Crippen LogP contribution in [0.5, 0.6) is 0 Å². The summed E-state index contributed by atoms with van der Waals surface area (Å²) in [5.74, 6) is -0.947. The molecule has 0 spiro atoms. The molecule has 1 aliphatic carbocycles. The summed E-state index contributed by atoms with van der Waals surface area (Å²) in [7, 11) is -2.57. The van der Waals surface area contributed by atoms with Crippen molar-refractivity contribution in [2.75, 3.05) is 6.54 Å². The maximum Gasteiger partial charge on any atom is 0.416 e. The van der Waals surface area contributed by atoms with Crippen LogP contribution in [0.3, 0.4) is 0 Å². The number of hydrogen-bond acceptors (Lipinski definition) is 5. The van der Waals surface area contributed by atoms with Gasteiger partial charge in [-0.25, -0.2) is 13.2 Å². The van der Waals surface area contributed by atoms with Gasteiger partial charge in [-0.3, -0.25) is 4.68 Å². The number of carbonyl (C=O) groups is 1. The Labute approximate surface area is 246 Å². The predicted octanol–water partition coefficient (Wildman–Crippen LogP) is 5.19. The van der Waals surface area contributed by atoms with E-state index < -0.39 is 33.1 Å². The second-order valence-corrected chi connectivity index (χ2v) is 13.8. The quantitative estimate of drug-likeness (QED) is 0.321. The van der Waals surface area contributed by atoms with Gasteiger partial charge in [0.2, 0.25) is 10.0 Å². The van der Waals surface area contributed by atoms with Crippen LogP contribution < -0.4 is 0 Å². The highest BCUT2D eigenvalue weighted by atomic mass is 32.2. The number of carboxylic acid groups (broad SMARTS) is 1. The normalized spacial score (nSPS) is 23.5. The molecular formula is C30H30F3N5O4S. The molecule has 2 aliphatic rings. The van der Waals surface area contributed by atoms with Gasteiger partial charge < -0.3 is 9.67 Å². The minimum atomic E-state index is -4.70. The number of aromatic carboxylic acids is 1. The number of sulfonamides is 1. The van der Waals surface area contributed by atoms with Gasteiger partial charge in [0, 0.05) is 50.3 Å². The van der Waals surface area contributed by atoms with Crippen molar-refractivity contribution in [3.63, 3.8) is 0 Å². The zero-order chi connectivity index (χ0) is 30.9. The van der Waals surface area contributed by atoms with E-state index in [-0.39, 0.29) is 41.8 Å². The van der Waals surface area contributed by atoms with E-state index in [2.05, 4.69) is 10.3 Å². The van der Waals surface area contributed by atoms with E-state index in [1.54, 1.807) is 40.7 Å². The molecule has 1 unspecified atom stereocenters. The van der Waals surface area contributed by atoms with Crippen molar-refractivity contribution in [1.29, 1.82) is 0 Å². The first-order valence-electron chi connectivity index (χ1n) is 13.7. The van der Waals surface area contributed by atoms with Gasteiger partial charge in [-0.05, 0) is 72.1 Å². The molecular weight excluding hydrogens is 583 g/mol. The summed E-state index contributed by atoms with van der Waals surface area (Å²) in [4.78, 5) is 11.1. The van der Waals surface area contributed by atoms with Gasteiger partial charge in [-0.15, -0.1) is 5.10 Å². The van der Waals surface area contributed by atoms with Gasteiger partial charge in [0.1, 0.15) is 0 Å². The number of nitrogens with zero attached hydrogens (tertiary/aromatic N) is 5. The lowest BCUT2D eigenvalue weighted by Gasteiger charge is -2.33. The van der Waals surface area contributed by atoms with Crippen LogP contribution in [-0.2, 0) is 36.2 Å². The lowest BCUT2D eigenvalue weighted by atomic mass is 9.77. The van der Waals surface area contributed by atoms with E-state index in [1.165, 1.54) is 22.6 Å². The number of hydrogen-bond donors (Lipinski definition) is 1. The molecule has 4 aromatic rings. The smallest absolute Gasteiger partial charge is 0.416 e. The summed E-state index contributed by atoms with van der Waals surface area (Å²) >= 11 is 0. The van der Waals surface area contributed by atoms with Crippen LogP contribution in [0.25, 0.3) is 5.69 Å². The van der Waals surface area contributed by atoms with Gasteiger partial charge in [0.25, 0.3) is 0 Å². The minimum Gasteiger partial charge on any atom is -0.478 e. The van der Waals surface area contributed by atoms with Crippen LogP contribution >= 0.6 is 0 Å². The van der Waals surface area contributed by atoms with Crippen LogP contribution in [0.15, 0.2) is 66.0 Å². The van der Waals surface area contributed by atoms with Crippen molar-refractivity contribution >= 4 is 16.0 Å². The summed E-state index contributed by atoms with van der Waals surface area (Å²) in [6, 6.07) is 9.81. The molecule has 2 aromatic heterocycles. The Morgan fingerprint density at radius 1 is 1.16 bits per heavy atom. The minimum absolute atomic E-state index is 0.0527. The number of fused-ring (bicyclic) bond motifs is 1. The molecule has 0 saturated heterocycles. The van der Waals surface area contributed by atoms with E-state index in [9.17, 15) is 31.5 Å². The van der Waals surface area contributed by atoms with Crippen molar-refractivity contribution in [2.24, 2.45) is 18.4 Å². The summed E-state index contributed by atoms with van der Waals surface area (Å²) in [5, 5.41) is 17.6. The average molecular weight is 614 g/mol. The van der Waals surface area contributed by atoms with Crippen molar-refractivity contribution in [2.45, 2.75) is 50.2 Å². The summed E-state index contributed by atoms with van der Waals surface area (Å²) in [5.41, 5.74) is 1.73. The third kappa shape index (κ3) is 5.24. The highest BCUT2D eigenvalue weighted by Crippen LogP contribution is 2.59. The molecule has 9 nitrogen and oxygen atoms in total. The second kappa shape index (κ2) is 10.1. The molecule has 0 bridgehead atoms. The Bertz CT molecular complexity index is 1850. The number of carboxylic acids is 1. The maximum atomic E-state index is 14.2. The Balaban J connectivity index is 1.42. The molecule has 1 aliphatic heterocycles. The molecule has 3 heterocycles. The number of rotatable bonds is 6. The number of benzene rings is 2. The van der Waals surface area contributed by atoms with E-state index in [0.29, 0.717) is 16.8 Å². The van der Waals surface area contributed by atoms with Crippen molar-refractivity contribution in [3.05, 3.63) is 94.6 Å². The fourth-order valence-corrected chi connectivity index (χ4v) is 8.23. The third-order valence-electron chi connectivity index (χ3n) is 8.81. The number of aryl methyl sites for hydroxylation is 1. The second-order valence-electron chi connectivity index (χ2n) is 11.9. The van der Waals surface area contributed by atoms with E-state index in [4.69, 9.17) is 0 Å². The summed E-state index contributed by atoms with van der Waals surface area (Å²) in [6.07, 6.45) is 1.29. The van der Waals surface area contributed by atoms with Gasteiger partial charge in [-0.1, -0.05) is 30.3 Å². The first kappa shape index (κ1) is 29.1. The molecule has 1 fully saturated rings. The fraction of sp³-hybridized carbons (Fsp3) is 0.367. The van der Waals surface area contributed by atoms with Crippen LogP contribution in [0.1, 0.15) is 57.6 Å². The van der Waals surface area contributed by atoms with Crippen LogP contribution in [-0.4, -0.2) is 49.9 Å². The first-order valence-corrected chi connectivity index (χ1v) is 15.2. The summed E-state index contributed by atoms with van der Waals surface area (Å²) < 4.78 is 74.2.